The number of hydrogen-bond donors (Lipinski definition) is 0. The first-order valence-corrected chi connectivity index (χ1v) is 7.37. The zero-order valence-corrected chi connectivity index (χ0v) is 11.5. The van der Waals surface area contributed by atoms with Gasteiger partial charge in [0.15, 0.2) is 0 Å². The van der Waals surface area contributed by atoms with E-state index in [-0.39, 0.29) is 0 Å². The molecule has 1 aromatic heterocycles. The van der Waals surface area contributed by atoms with Gasteiger partial charge >= 0.3 is 0 Å². The van der Waals surface area contributed by atoms with Crippen molar-refractivity contribution in [3.63, 3.8) is 0 Å². The summed E-state index contributed by atoms with van der Waals surface area (Å²) in [5.41, 5.74) is 1.38. The quantitative estimate of drug-likeness (QED) is 0.664. The lowest BCUT2D eigenvalue weighted by molar-refractivity contribution is 0.735. The fourth-order valence-corrected chi connectivity index (χ4v) is 3.12. The maximum atomic E-state index is 3.75. The summed E-state index contributed by atoms with van der Waals surface area (Å²) in [5, 5.41) is 2.15. The van der Waals surface area contributed by atoms with Gasteiger partial charge in [-0.3, -0.25) is 0 Å². The molecule has 0 fully saturated rings. The molecule has 0 aliphatic rings. The van der Waals surface area contributed by atoms with Crippen LogP contribution >= 0.6 is 27.3 Å². The highest BCUT2D eigenvalue weighted by molar-refractivity contribution is 9.09. The first kappa shape index (κ1) is 11.9. The number of benzene rings is 1. The number of alkyl halides is 1. The second kappa shape index (κ2) is 6.21. The van der Waals surface area contributed by atoms with Crippen LogP contribution in [0.4, 0.5) is 0 Å². The summed E-state index contributed by atoms with van der Waals surface area (Å²) in [6, 6.07) is 15.0. The molecule has 0 aliphatic carbocycles. The summed E-state index contributed by atoms with van der Waals surface area (Å²) >= 11 is 5.61. The summed E-state index contributed by atoms with van der Waals surface area (Å²) in [4.78, 5) is 1.99. The minimum Gasteiger partial charge on any atom is -0.149 e. The number of hydrogen-bond acceptors (Lipinski definition) is 1. The number of thiophene rings is 1. The highest BCUT2D eigenvalue weighted by Gasteiger charge is 2.06. The number of halogens is 1. The molecule has 1 heterocycles. The molecule has 0 nitrogen and oxygen atoms in total. The van der Waals surface area contributed by atoms with Crippen LogP contribution in [0.1, 0.15) is 28.1 Å². The Morgan fingerprint density at radius 1 is 1.06 bits per heavy atom. The molecule has 1 aromatic carbocycles. The lowest BCUT2D eigenvalue weighted by Gasteiger charge is -2.09. The molecule has 84 valence electrons. The van der Waals surface area contributed by atoms with Crippen molar-refractivity contribution in [3.8, 4) is 0 Å². The molecule has 0 bridgehead atoms. The highest BCUT2D eigenvalue weighted by atomic mass is 79.9. The normalized spacial score (nSPS) is 12.6. The topological polar surface area (TPSA) is 0 Å². The third-order valence-electron chi connectivity index (χ3n) is 2.62. The van der Waals surface area contributed by atoms with Crippen molar-refractivity contribution in [1.29, 1.82) is 0 Å². The van der Waals surface area contributed by atoms with Gasteiger partial charge in [-0.25, -0.2) is 0 Å². The van der Waals surface area contributed by atoms with E-state index in [0.29, 0.717) is 4.83 Å². The Hall–Kier alpha value is -0.600. The third-order valence-corrected chi connectivity index (χ3v) is 4.54. The van der Waals surface area contributed by atoms with Crippen LogP contribution in [0.15, 0.2) is 47.8 Å². The number of aryl methyl sites for hydroxylation is 1. The van der Waals surface area contributed by atoms with Crippen LogP contribution in [-0.2, 0) is 6.42 Å². The average molecular weight is 295 g/mol. The summed E-state index contributed by atoms with van der Waals surface area (Å²) in [5.74, 6) is 0. The molecule has 2 heteroatoms. The summed E-state index contributed by atoms with van der Waals surface area (Å²) in [6.45, 7) is 0. The van der Waals surface area contributed by atoms with Gasteiger partial charge in [-0.15, -0.1) is 11.3 Å². The van der Waals surface area contributed by atoms with E-state index in [1.807, 2.05) is 11.3 Å². The first-order valence-electron chi connectivity index (χ1n) is 5.57. The fourth-order valence-electron chi connectivity index (χ4n) is 1.74. The van der Waals surface area contributed by atoms with Crippen LogP contribution in [-0.4, -0.2) is 0 Å². The molecule has 0 N–H and O–H groups in total. The zero-order chi connectivity index (χ0) is 11.2. The molecule has 2 aromatic rings. The van der Waals surface area contributed by atoms with Gasteiger partial charge in [-0.05, 0) is 36.3 Å². The SMILES string of the molecule is BrC(CCCc1cccs1)c1ccccc1. The first-order chi connectivity index (χ1) is 7.86. The van der Waals surface area contributed by atoms with E-state index in [2.05, 4.69) is 63.8 Å². The molecular formula is C14H15BrS. The maximum Gasteiger partial charge on any atom is 0.0395 e. The zero-order valence-electron chi connectivity index (χ0n) is 9.10. The second-order valence-electron chi connectivity index (χ2n) is 3.85. The van der Waals surface area contributed by atoms with Crippen molar-refractivity contribution in [3.05, 3.63) is 58.3 Å². The minimum absolute atomic E-state index is 0.494. The van der Waals surface area contributed by atoms with E-state index in [1.54, 1.807) is 0 Å². The van der Waals surface area contributed by atoms with Crippen LogP contribution in [0.25, 0.3) is 0 Å². The van der Waals surface area contributed by atoms with E-state index in [9.17, 15) is 0 Å². The molecule has 1 unspecified atom stereocenters. The van der Waals surface area contributed by atoms with Crippen LogP contribution in [0, 0.1) is 0 Å². The van der Waals surface area contributed by atoms with Crippen LogP contribution < -0.4 is 0 Å². The van der Waals surface area contributed by atoms with E-state index >= 15 is 0 Å². The molecule has 0 spiro atoms. The maximum absolute atomic E-state index is 3.75. The Bertz CT molecular complexity index is 394. The van der Waals surface area contributed by atoms with Crippen LogP contribution in [0.2, 0.25) is 0 Å². The predicted octanol–water partition coefficient (Wildman–Crippen LogP) is 5.21. The standard InChI is InChI=1S/C14H15BrS/c15-14(12-6-2-1-3-7-12)10-4-8-13-9-5-11-16-13/h1-3,5-7,9,11,14H,4,8,10H2. The predicted molar refractivity (Wildman–Crippen MR) is 75.4 cm³/mol. The largest absolute Gasteiger partial charge is 0.149 e. The smallest absolute Gasteiger partial charge is 0.0395 e. The van der Waals surface area contributed by atoms with Crippen molar-refractivity contribution < 1.29 is 0 Å². The van der Waals surface area contributed by atoms with Gasteiger partial charge in [0.05, 0.1) is 0 Å². The third kappa shape index (κ3) is 3.46. The molecule has 1 atom stereocenters. The summed E-state index contributed by atoms with van der Waals surface area (Å²) in [6.07, 6.45) is 3.64. The lowest BCUT2D eigenvalue weighted by atomic mass is 10.1. The Kier molecular flexibility index (Phi) is 4.61. The Morgan fingerprint density at radius 3 is 2.56 bits per heavy atom. The molecule has 0 amide bonds. The van der Waals surface area contributed by atoms with E-state index in [1.165, 1.54) is 29.7 Å². The summed E-state index contributed by atoms with van der Waals surface area (Å²) in [7, 11) is 0. The summed E-state index contributed by atoms with van der Waals surface area (Å²) < 4.78 is 0. The molecule has 0 saturated carbocycles. The lowest BCUT2D eigenvalue weighted by Crippen LogP contribution is -1.91. The minimum atomic E-state index is 0.494. The molecule has 0 saturated heterocycles. The highest BCUT2D eigenvalue weighted by Crippen LogP contribution is 2.28. The van der Waals surface area contributed by atoms with E-state index in [0.717, 1.165) is 0 Å². The molecule has 2 rings (SSSR count). The molecule has 16 heavy (non-hydrogen) atoms. The number of rotatable bonds is 5. The van der Waals surface area contributed by atoms with Gasteiger partial charge in [-0.1, -0.05) is 52.3 Å². The van der Waals surface area contributed by atoms with Gasteiger partial charge in [0.25, 0.3) is 0 Å². The monoisotopic (exact) mass is 294 g/mol. The van der Waals surface area contributed by atoms with Gasteiger partial charge < -0.3 is 0 Å². The molecular weight excluding hydrogens is 280 g/mol. The Morgan fingerprint density at radius 2 is 1.88 bits per heavy atom. The second-order valence-corrected chi connectivity index (χ2v) is 5.99. The van der Waals surface area contributed by atoms with Gasteiger partial charge in [0.1, 0.15) is 0 Å². The van der Waals surface area contributed by atoms with E-state index in [4.69, 9.17) is 0 Å². The molecule has 0 aliphatic heterocycles. The van der Waals surface area contributed by atoms with E-state index < -0.39 is 0 Å². The van der Waals surface area contributed by atoms with Gasteiger partial charge in [0, 0.05) is 9.70 Å². The van der Waals surface area contributed by atoms with Crippen molar-refractivity contribution >= 4 is 27.3 Å². The van der Waals surface area contributed by atoms with Crippen molar-refractivity contribution in [1.82, 2.24) is 0 Å². The fraction of sp³-hybridized carbons (Fsp3) is 0.286. The van der Waals surface area contributed by atoms with Crippen LogP contribution in [0.3, 0.4) is 0 Å². The van der Waals surface area contributed by atoms with Gasteiger partial charge in [-0.2, -0.15) is 0 Å². The van der Waals surface area contributed by atoms with Crippen molar-refractivity contribution in [2.75, 3.05) is 0 Å². The molecule has 0 radical (unpaired) electrons. The average Bonchev–Trinajstić information content (AvgIpc) is 2.83. The van der Waals surface area contributed by atoms with Gasteiger partial charge in [0.2, 0.25) is 0 Å². The van der Waals surface area contributed by atoms with Crippen molar-refractivity contribution in [2.24, 2.45) is 0 Å². The van der Waals surface area contributed by atoms with Crippen molar-refractivity contribution in [2.45, 2.75) is 24.1 Å². The Labute approximate surface area is 109 Å². The Balaban J connectivity index is 1.78. The van der Waals surface area contributed by atoms with Crippen LogP contribution in [0.5, 0.6) is 0 Å².